The second kappa shape index (κ2) is 10.6. The molecular formula is C23H31F2N7O4. The van der Waals surface area contributed by atoms with E-state index >= 15 is 0 Å². The number of piperazine rings is 1. The Hall–Kier alpha value is -3.51. The van der Waals surface area contributed by atoms with Crippen LogP contribution in [0.1, 0.15) is 62.2 Å². The number of aryl methyl sites for hydroxylation is 1. The Balaban J connectivity index is 1.36. The Bertz CT molecular complexity index is 1120. The number of hydrogen-bond acceptors (Lipinski definition) is 6. The summed E-state index contributed by atoms with van der Waals surface area (Å²) in [5, 5.41) is 11.1. The van der Waals surface area contributed by atoms with Crippen molar-refractivity contribution >= 4 is 23.6 Å². The summed E-state index contributed by atoms with van der Waals surface area (Å²) in [6, 6.07) is 0.753. The number of halogens is 2. The molecule has 2 aliphatic rings. The van der Waals surface area contributed by atoms with Gasteiger partial charge in [0.2, 0.25) is 11.8 Å². The van der Waals surface area contributed by atoms with E-state index in [1.807, 2.05) is 0 Å². The fourth-order valence-corrected chi connectivity index (χ4v) is 4.22. The average Bonchev–Trinajstić information content (AvgIpc) is 3.51. The molecule has 0 aromatic carbocycles. The Morgan fingerprint density at radius 3 is 2.42 bits per heavy atom. The van der Waals surface area contributed by atoms with E-state index in [1.54, 1.807) is 36.8 Å². The lowest BCUT2D eigenvalue weighted by atomic mass is 10.2. The first kappa shape index (κ1) is 25.6. The molecule has 1 aliphatic heterocycles. The summed E-state index contributed by atoms with van der Waals surface area (Å²) in [7, 11) is 0. The molecule has 1 atom stereocenters. The molecule has 196 valence electrons. The van der Waals surface area contributed by atoms with Crippen LogP contribution in [0.4, 0.5) is 19.3 Å². The molecule has 2 fully saturated rings. The van der Waals surface area contributed by atoms with Crippen LogP contribution >= 0.6 is 0 Å². The first-order valence-electron chi connectivity index (χ1n) is 12.1. The highest BCUT2D eigenvalue weighted by molar-refractivity contribution is 5.91. The van der Waals surface area contributed by atoms with Crippen LogP contribution in [0.25, 0.3) is 0 Å². The molecule has 1 unspecified atom stereocenters. The quantitative estimate of drug-likeness (QED) is 0.588. The van der Waals surface area contributed by atoms with Crippen LogP contribution in [-0.2, 0) is 20.9 Å². The first-order valence-corrected chi connectivity index (χ1v) is 12.1. The maximum Gasteiger partial charge on any atom is 0.409 e. The largest absolute Gasteiger partial charge is 0.450 e. The van der Waals surface area contributed by atoms with Crippen molar-refractivity contribution in [3.63, 3.8) is 0 Å². The Morgan fingerprint density at radius 2 is 1.81 bits per heavy atom. The SMILES string of the molecule is CCOC(=O)N1CCN(C(=O)C(C)n2cc(NC(=O)Cn3nc(C(F)F)cc3C3CC3)c(C)n2)CC1. The van der Waals surface area contributed by atoms with Crippen molar-refractivity contribution in [1.29, 1.82) is 0 Å². The maximum atomic E-state index is 13.1. The molecule has 1 aliphatic carbocycles. The number of anilines is 1. The first-order chi connectivity index (χ1) is 17.2. The molecule has 3 heterocycles. The molecule has 0 radical (unpaired) electrons. The van der Waals surface area contributed by atoms with E-state index in [1.165, 1.54) is 15.4 Å². The van der Waals surface area contributed by atoms with Gasteiger partial charge in [-0.2, -0.15) is 10.2 Å². The van der Waals surface area contributed by atoms with Gasteiger partial charge < -0.3 is 19.9 Å². The number of carbonyl (C=O) groups is 3. The Labute approximate surface area is 207 Å². The molecule has 1 N–H and O–H groups in total. The lowest BCUT2D eigenvalue weighted by Gasteiger charge is -2.35. The van der Waals surface area contributed by atoms with E-state index in [0.29, 0.717) is 49.9 Å². The van der Waals surface area contributed by atoms with Gasteiger partial charge in [-0.25, -0.2) is 13.6 Å². The van der Waals surface area contributed by atoms with Gasteiger partial charge >= 0.3 is 6.09 Å². The van der Waals surface area contributed by atoms with Gasteiger partial charge in [-0.3, -0.25) is 19.0 Å². The summed E-state index contributed by atoms with van der Waals surface area (Å²) in [4.78, 5) is 40.8. The lowest BCUT2D eigenvalue weighted by molar-refractivity contribution is -0.136. The molecule has 0 spiro atoms. The highest BCUT2D eigenvalue weighted by Gasteiger charge is 2.31. The zero-order chi connectivity index (χ0) is 26.0. The normalized spacial score (nSPS) is 16.8. The number of carbonyl (C=O) groups excluding carboxylic acids is 3. The zero-order valence-electron chi connectivity index (χ0n) is 20.6. The Kier molecular flexibility index (Phi) is 7.55. The summed E-state index contributed by atoms with van der Waals surface area (Å²) < 4.78 is 34.0. The van der Waals surface area contributed by atoms with Crippen molar-refractivity contribution in [2.75, 3.05) is 38.1 Å². The van der Waals surface area contributed by atoms with E-state index in [-0.39, 0.29) is 30.2 Å². The number of ether oxygens (including phenoxy) is 1. The fourth-order valence-electron chi connectivity index (χ4n) is 4.22. The number of nitrogens with zero attached hydrogens (tertiary/aromatic N) is 6. The number of hydrogen-bond donors (Lipinski definition) is 1. The minimum Gasteiger partial charge on any atom is -0.450 e. The number of amides is 3. The van der Waals surface area contributed by atoms with Crippen LogP contribution in [0.5, 0.6) is 0 Å². The van der Waals surface area contributed by atoms with Gasteiger partial charge in [0.15, 0.2) is 0 Å². The van der Waals surface area contributed by atoms with E-state index in [0.717, 1.165) is 12.8 Å². The van der Waals surface area contributed by atoms with Crippen LogP contribution in [0.3, 0.4) is 0 Å². The summed E-state index contributed by atoms with van der Waals surface area (Å²) >= 11 is 0. The van der Waals surface area contributed by atoms with Gasteiger partial charge in [0, 0.05) is 44.0 Å². The van der Waals surface area contributed by atoms with Gasteiger partial charge in [-0.1, -0.05) is 0 Å². The van der Waals surface area contributed by atoms with Crippen molar-refractivity contribution in [3.05, 3.63) is 29.3 Å². The van der Waals surface area contributed by atoms with E-state index in [2.05, 4.69) is 15.5 Å². The van der Waals surface area contributed by atoms with Crippen LogP contribution < -0.4 is 5.32 Å². The van der Waals surface area contributed by atoms with E-state index in [9.17, 15) is 23.2 Å². The van der Waals surface area contributed by atoms with E-state index < -0.39 is 18.4 Å². The predicted octanol–water partition coefficient (Wildman–Crippen LogP) is 2.70. The topological polar surface area (TPSA) is 115 Å². The van der Waals surface area contributed by atoms with Crippen LogP contribution in [0, 0.1) is 6.92 Å². The van der Waals surface area contributed by atoms with E-state index in [4.69, 9.17) is 4.74 Å². The molecule has 3 amide bonds. The minimum atomic E-state index is -2.69. The number of nitrogens with one attached hydrogen (secondary N) is 1. The molecule has 0 bridgehead atoms. The summed E-state index contributed by atoms with van der Waals surface area (Å²) in [5.74, 6) is -0.408. The molecule has 36 heavy (non-hydrogen) atoms. The van der Waals surface area contributed by atoms with Crippen LogP contribution in [0.2, 0.25) is 0 Å². The molecule has 1 saturated carbocycles. The maximum absolute atomic E-state index is 13.1. The summed E-state index contributed by atoms with van der Waals surface area (Å²) in [6.07, 6.45) is 0.294. The molecule has 13 heteroatoms. The zero-order valence-corrected chi connectivity index (χ0v) is 20.6. The third-order valence-electron chi connectivity index (χ3n) is 6.40. The van der Waals surface area contributed by atoms with Gasteiger partial charge in [-0.05, 0) is 39.7 Å². The van der Waals surface area contributed by atoms with Gasteiger partial charge in [-0.15, -0.1) is 0 Å². The summed E-state index contributed by atoms with van der Waals surface area (Å²) in [6.45, 7) is 6.83. The molecule has 2 aromatic heterocycles. The number of alkyl halides is 2. The fraction of sp³-hybridized carbons (Fsp3) is 0.609. The number of rotatable bonds is 8. The minimum absolute atomic E-state index is 0.149. The van der Waals surface area contributed by atoms with Crippen molar-refractivity contribution in [2.24, 2.45) is 0 Å². The van der Waals surface area contributed by atoms with Crippen molar-refractivity contribution in [3.8, 4) is 0 Å². The lowest BCUT2D eigenvalue weighted by Crippen LogP contribution is -2.52. The molecule has 11 nitrogen and oxygen atoms in total. The number of aromatic nitrogens is 4. The molecule has 1 saturated heterocycles. The van der Waals surface area contributed by atoms with Gasteiger partial charge in [0.05, 0.1) is 18.0 Å². The predicted molar refractivity (Wildman–Crippen MR) is 125 cm³/mol. The van der Waals surface area contributed by atoms with Crippen molar-refractivity contribution in [1.82, 2.24) is 29.4 Å². The highest BCUT2D eigenvalue weighted by Crippen LogP contribution is 2.41. The monoisotopic (exact) mass is 507 g/mol. The second-order valence-corrected chi connectivity index (χ2v) is 9.07. The standard InChI is InChI=1S/C23H31F2N7O4/c1-4-36-23(35)30-9-7-29(8-10-30)22(34)15(3)31-12-18(14(2)27-31)26-20(33)13-32-19(16-5-6-16)11-17(28-32)21(24)25/h11-12,15-16,21H,4-10,13H2,1-3H3,(H,26,33). The van der Waals surface area contributed by atoms with Gasteiger partial charge in [0.25, 0.3) is 6.43 Å². The smallest absolute Gasteiger partial charge is 0.409 e. The third-order valence-corrected chi connectivity index (χ3v) is 6.40. The Morgan fingerprint density at radius 1 is 1.14 bits per heavy atom. The van der Waals surface area contributed by atoms with Crippen molar-refractivity contribution in [2.45, 2.75) is 58.5 Å². The average molecular weight is 508 g/mol. The second-order valence-electron chi connectivity index (χ2n) is 9.07. The molecule has 2 aromatic rings. The van der Waals surface area contributed by atoms with Crippen molar-refractivity contribution < 1.29 is 27.9 Å². The van der Waals surface area contributed by atoms with Crippen LogP contribution in [-0.4, -0.2) is 80.1 Å². The molecular weight excluding hydrogens is 476 g/mol. The molecule has 4 rings (SSSR count). The van der Waals surface area contributed by atoms with Gasteiger partial charge in [0.1, 0.15) is 18.3 Å². The third kappa shape index (κ3) is 5.65. The van der Waals surface area contributed by atoms with Crippen LogP contribution in [0.15, 0.2) is 12.3 Å². The summed E-state index contributed by atoms with van der Waals surface area (Å²) in [5.41, 5.74) is 1.27. The highest BCUT2D eigenvalue weighted by atomic mass is 19.3.